The van der Waals surface area contributed by atoms with Crippen molar-refractivity contribution in [3.05, 3.63) is 59.7 Å². The molecule has 146 valence electrons. The van der Waals surface area contributed by atoms with Gasteiger partial charge in [-0.1, -0.05) is 12.1 Å². The van der Waals surface area contributed by atoms with E-state index in [4.69, 9.17) is 41.2 Å². The smallest absolute Gasteiger partial charge is 0.151 e. The molecule has 0 bridgehead atoms. The summed E-state index contributed by atoms with van der Waals surface area (Å²) in [5.74, 6) is 1.30. The summed E-state index contributed by atoms with van der Waals surface area (Å²) < 4.78 is 23.8. The van der Waals surface area contributed by atoms with Crippen LogP contribution in [0, 0.1) is 10.8 Å². The van der Waals surface area contributed by atoms with E-state index in [2.05, 4.69) is 0 Å². The highest BCUT2D eigenvalue weighted by Gasteiger charge is 2.50. The first kappa shape index (κ1) is 18.3. The number of hydrogen-bond acceptors (Lipinski definition) is 6. The highest BCUT2D eigenvalue weighted by molar-refractivity contribution is 5.95. The molecule has 8 heteroatoms. The number of nitrogens with two attached hydrogens (primary N) is 2. The molecule has 2 aromatic rings. The van der Waals surface area contributed by atoms with Gasteiger partial charge in [-0.25, -0.2) is 0 Å². The average molecular weight is 382 g/mol. The first-order valence-corrected chi connectivity index (χ1v) is 8.96. The molecule has 4 atom stereocenters. The van der Waals surface area contributed by atoms with Gasteiger partial charge in [0, 0.05) is 11.1 Å². The Bertz CT molecular complexity index is 886. The first-order chi connectivity index (χ1) is 13.5. The third-order valence-electron chi connectivity index (χ3n) is 4.85. The standard InChI is InChI=1S/C20H22N4O4/c21-19(22)11-4-6-13(7-5-11)27-15-9-25-18-16(10-26-17(15)18)28-14-3-1-2-12(8-14)20(23)24/h1-8,15-18H,9-10H2,(H3,21,22)(H3,23,24)/t15-,16+,17+,18+/m0/s1. The summed E-state index contributed by atoms with van der Waals surface area (Å²) in [4.78, 5) is 0. The second-order valence-corrected chi connectivity index (χ2v) is 6.79. The molecule has 0 spiro atoms. The molecule has 0 aromatic heterocycles. The molecule has 0 unspecified atom stereocenters. The lowest BCUT2D eigenvalue weighted by Crippen LogP contribution is -2.36. The molecule has 2 aromatic carbocycles. The Hall–Kier alpha value is -3.10. The zero-order valence-corrected chi connectivity index (χ0v) is 15.1. The van der Waals surface area contributed by atoms with Crippen molar-refractivity contribution in [3.63, 3.8) is 0 Å². The van der Waals surface area contributed by atoms with E-state index in [0.717, 1.165) is 0 Å². The van der Waals surface area contributed by atoms with Crippen LogP contribution in [0.2, 0.25) is 0 Å². The average Bonchev–Trinajstić information content (AvgIpc) is 3.26. The van der Waals surface area contributed by atoms with E-state index in [1.54, 1.807) is 42.5 Å². The number of ether oxygens (including phenoxy) is 4. The van der Waals surface area contributed by atoms with Crippen LogP contribution in [-0.4, -0.2) is 49.3 Å². The summed E-state index contributed by atoms with van der Waals surface area (Å²) in [5, 5.41) is 15.0. The minimum Gasteiger partial charge on any atom is -0.485 e. The second kappa shape index (κ2) is 7.49. The summed E-state index contributed by atoms with van der Waals surface area (Å²) >= 11 is 0. The van der Waals surface area contributed by atoms with Crippen LogP contribution in [0.1, 0.15) is 11.1 Å². The topological polar surface area (TPSA) is 137 Å². The van der Waals surface area contributed by atoms with Crippen molar-refractivity contribution < 1.29 is 18.9 Å². The van der Waals surface area contributed by atoms with Gasteiger partial charge in [0.25, 0.3) is 0 Å². The number of rotatable bonds is 6. The highest BCUT2D eigenvalue weighted by atomic mass is 16.6. The van der Waals surface area contributed by atoms with Crippen molar-refractivity contribution in [2.75, 3.05) is 13.2 Å². The number of nitrogens with one attached hydrogen (secondary N) is 2. The van der Waals surface area contributed by atoms with Crippen molar-refractivity contribution in [1.82, 2.24) is 0 Å². The Morgan fingerprint density at radius 1 is 0.786 bits per heavy atom. The fraction of sp³-hybridized carbons (Fsp3) is 0.300. The van der Waals surface area contributed by atoms with E-state index in [1.165, 1.54) is 0 Å². The Labute approximate surface area is 162 Å². The van der Waals surface area contributed by atoms with Crippen LogP contribution in [0.5, 0.6) is 11.5 Å². The fourth-order valence-electron chi connectivity index (χ4n) is 3.43. The van der Waals surface area contributed by atoms with Crippen molar-refractivity contribution in [3.8, 4) is 11.5 Å². The first-order valence-electron chi connectivity index (χ1n) is 8.96. The van der Waals surface area contributed by atoms with Gasteiger partial charge in [-0.3, -0.25) is 10.8 Å². The van der Waals surface area contributed by atoms with Gasteiger partial charge >= 0.3 is 0 Å². The second-order valence-electron chi connectivity index (χ2n) is 6.79. The molecule has 0 radical (unpaired) electrons. The normalized spacial score (nSPS) is 25.9. The number of hydrogen-bond donors (Lipinski definition) is 4. The van der Waals surface area contributed by atoms with Crippen LogP contribution in [0.25, 0.3) is 0 Å². The molecule has 2 fully saturated rings. The number of fused-ring (bicyclic) bond motifs is 1. The number of amidine groups is 2. The van der Waals surface area contributed by atoms with Gasteiger partial charge < -0.3 is 30.4 Å². The molecule has 0 amide bonds. The molecule has 2 heterocycles. The predicted molar refractivity (Wildman–Crippen MR) is 103 cm³/mol. The predicted octanol–water partition coefficient (Wildman–Crippen LogP) is 1.25. The molecular formula is C20H22N4O4. The number of benzene rings is 2. The van der Waals surface area contributed by atoms with E-state index in [0.29, 0.717) is 35.8 Å². The molecule has 4 rings (SSSR count). The summed E-state index contributed by atoms with van der Waals surface area (Å²) in [5.41, 5.74) is 12.3. The SMILES string of the molecule is N=C(N)c1ccc(O[C@H]2CO[C@H]3[C@@H]2OC[C@H]3Oc2cccc(C(=N)N)c2)cc1. The van der Waals surface area contributed by atoms with E-state index in [1.807, 2.05) is 6.07 Å². The van der Waals surface area contributed by atoms with Gasteiger partial charge in [-0.2, -0.15) is 0 Å². The van der Waals surface area contributed by atoms with E-state index in [9.17, 15) is 0 Å². The van der Waals surface area contributed by atoms with Crippen LogP contribution in [0.4, 0.5) is 0 Å². The molecule has 2 aliphatic heterocycles. The zero-order valence-electron chi connectivity index (χ0n) is 15.1. The minimum absolute atomic E-state index is 0.00706. The largest absolute Gasteiger partial charge is 0.485 e. The lowest BCUT2D eigenvalue weighted by Gasteiger charge is -2.19. The Morgan fingerprint density at radius 3 is 1.93 bits per heavy atom. The van der Waals surface area contributed by atoms with Crippen LogP contribution in [0.15, 0.2) is 48.5 Å². The van der Waals surface area contributed by atoms with Crippen LogP contribution in [0.3, 0.4) is 0 Å². The summed E-state index contributed by atoms with van der Waals surface area (Å²) in [6, 6.07) is 14.2. The summed E-state index contributed by atoms with van der Waals surface area (Å²) in [7, 11) is 0. The molecule has 28 heavy (non-hydrogen) atoms. The van der Waals surface area contributed by atoms with Crippen molar-refractivity contribution >= 4 is 11.7 Å². The van der Waals surface area contributed by atoms with Gasteiger partial charge in [-0.05, 0) is 36.4 Å². The lowest BCUT2D eigenvalue weighted by atomic mass is 10.1. The third-order valence-corrected chi connectivity index (χ3v) is 4.85. The summed E-state index contributed by atoms with van der Waals surface area (Å²) in [6.45, 7) is 0.792. The molecule has 0 aliphatic carbocycles. The monoisotopic (exact) mass is 382 g/mol. The van der Waals surface area contributed by atoms with Gasteiger partial charge in [0.05, 0.1) is 13.2 Å². The third kappa shape index (κ3) is 3.64. The molecule has 2 aliphatic rings. The Morgan fingerprint density at radius 2 is 1.36 bits per heavy atom. The number of nitrogen functional groups attached to an aromatic ring is 2. The zero-order chi connectivity index (χ0) is 19.7. The van der Waals surface area contributed by atoms with Gasteiger partial charge in [0.15, 0.2) is 12.2 Å². The minimum atomic E-state index is -0.263. The summed E-state index contributed by atoms with van der Waals surface area (Å²) in [6.07, 6.45) is -0.970. The Balaban J connectivity index is 1.39. The van der Waals surface area contributed by atoms with E-state index < -0.39 is 0 Å². The highest BCUT2D eigenvalue weighted by Crippen LogP contribution is 2.32. The molecule has 6 N–H and O–H groups in total. The lowest BCUT2D eigenvalue weighted by molar-refractivity contribution is 0.0181. The Kier molecular flexibility index (Phi) is 4.89. The molecule has 2 saturated heterocycles. The van der Waals surface area contributed by atoms with Crippen LogP contribution in [-0.2, 0) is 9.47 Å². The van der Waals surface area contributed by atoms with Gasteiger partial charge in [0.1, 0.15) is 35.4 Å². The molecular weight excluding hydrogens is 360 g/mol. The van der Waals surface area contributed by atoms with Gasteiger partial charge in [-0.15, -0.1) is 0 Å². The van der Waals surface area contributed by atoms with Crippen molar-refractivity contribution in [1.29, 1.82) is 10.8 Å². The molecule has 8 nitrogen and oxygen atoms in total. The van der Waals surface area contributed by atoms with Crippen LogP contribution < -0.4 is 20.9 Å². The van der Waals surface area contributed by atoms with Crippen molar-refractivity contribution in [2.24, 2.45) is 11.5 Å². The van der Waals surface area contributed by atoms with Crippen molar-refractivity contribution in [2.45, 2.75) is 24.4 Å². The quantitative estimate of drug-likeness (QED) is 0.438. The van der Waals surface area contributed by atoms with Crippen LogP contribution >= 0.6 is 0 Å². The maximum Gasteiger partial charge on any atom is 0.151 e. The fourth-order valence-corrected chi connectivity index (χ4v) is 3.43. The van der Waals surface area contributed by atoms with E-state index >= 15 is 0 Å². The maximum absolute atomic E-state index is 7.54. The molecule has 0 saturated carbocycles. The van der Waals surface area contributed by atoms with E-state index in [-0.39, 0.29) is 36.1 Å². The van der Waals surface area contributed by atoms with Gasteiger partial charge in [0.2, 0.25) is 0 Å². The maximum atomic E-state index is 7.54.